The molecule has 1 atom stereocenters. The van der Waals surface area contributed by atoms with Crippen LogP contribution in [0.3, 0.4) is 0 Å². The van der Waals surface area contributed by atoms with Crippen LogP contribution in [-0.4, -0.2) is 26.4 Å². The minimum atomic E-state index is -0.786. The van der Waals surface area contributed by atoms with Gasteiger partial charge in [0.05, 0.1) is 17.4 Å². The van der Waals surface area contributed by atoms with Crippen molar-refractivity contribution in [1.82, 2.24) is 14.3 Å². The first-order valence-corrected chi connectivity index (χ1v) is 13.1. The number of benzene rings is 2. The van der Waals surface area contributed by atoms with Gasteiger partial charge in [0.2, 0.25) is 0 Å². The number of carbonyl (C=O) groups excluding carboxylic acids is 1. The van der Waals surface area contributed by atoms with Gasteiger partial charge in [-0.05, 0) is 63.1 Å². The zero-order chi connectivity index (χ0) is 26.1. The zero-order valence-electron chi connectivity index (χ0n) is 21.2. The van der Waals surface area contributed by atoms with Crippen molar-refractivity contribution in [3.05, 3.63) is 69.4 Å². The van der Waals surface area contributed by atoms with E-state index in [1.54, 1.807) is 23.6 Å². The summed E-state index contributed by atoms with van der Waals surface area (Å²) < 4.78 is 38.8. The number of nitrogens with zero attached hydrogens (tertiary/aromatic N) is 3. The molecule has 2 aromatic carbocycles. The van der Waals surface area contributed by atoms with Crippen molar-refractivity contribution in [3.63, 3.8) is 0 Å². The van der Waals surface area contributed by atoms with Crippen LogP contribution in [0.5, 0.6) is 5.75 Å². The van der Waals surface area contributed by atoms with E-state index >= 15 is 4.39 Å². The molecule has 2 heterocycles. The first-order chi connectivity index (χ1) is 17.8. The second kappa shape index (κ2) is 10.5. The van der Waals surface area contributed by atoms with E-state index in [-0.39, 0.29) is 28.8 Å². The van der Waals surface area contributed by atoms with Crippen LogP contribution in [0.4, 0.5) is 14.5 Å². The van der Waals surface area contributed by atoms with Gasteiger partial charge in [-0.1, -0.05) is 31.4 Å². The third kappa shape index (κ3) is 5.04. The normalized spacial score (nSPS) is 16.8. The van der Waals surface area contributed by atoms with Crippen LogP contribution in [0.15, 0.2) is 35.1 Å². The Hall–Kier alpha value is -3.49. The molecule has 0 radical (unpaired) electrons. The van der Waals surface area contributed by atoms with E-state index in [0.29, 0.717) is 30.3 Å². The summed E-state index contributed by atoms with van der Waals surface area (Å²) >= 11 is 0. The minimum absolute atomic E-state index is 0.0289. The van der Waals surface area contributed by atoms with Gasteiger partial charge in [0.25, 0.3) is 5.91 Å². The highest BCUT2D eigenvalue weighted by Gasteiger charge is 2.27. The number of halogens is 2. The minimum Gasteiger partial charge on any atom is -0.490 e. The zero-order valence-corrected chi connectivity index (χ0v) is 21.2. The Balaban J connectivity index is 1.55. The van der Waals surface area contributed by atoms with Gasteiger partial charge in [0, 0.05) is 19.0 Å². The second-order valence-electron chi connectivity index (χ2n) is 10.1. The number of rotatable bonds is 6. The van der Waals surface area contributed by atoms with Crippen LogP contribution in [0.2, 0.25) is 0 Å². The Morgan fingerprint density at radius 2 is 1.89 bits per heavy atom. The van der Waals surface area contributed by atoms with E-state index in [2.05, 4.69) is 10.4 Å². The van der Waals surface area contributed by atoms with Crippen LogP contribution in [-0.2, 0) is 13.0 Å². The Morgan fingerprint density at radius 3 is 2.62 bits per heavy atom. The number of hydrogen-bond donors (Lipinski definition) is 1. The maximum atomic E-state index is 15.5. The smallest absolute Gasteiger partial charge is 0.350 e. The van der Waals surface area contributed by atoms with Gasteiger partial charge in [-0.3, -0.25) is 9.36 Å². The molecule has 1 N–H and O–H groups in total. The van der Waals surface area contributed by atoms with Crippen molar-refractivity contribution in [3.8, 4) is 11.4 Å². The average Bonchev–Trinajstić information content (AvgIpc) is 3.23. The molecule has 0 bridgehead atoms. The van der Waals surface area contributed by atoms with Gasteiger partial charge in [0.1, 0.15) is 28.9 Å². The van der Waals surface area contributed by atoms with Crippen molar-refractivity contribution in [2.24, 2.45) is 5.92 Å². The molecule has 1 aliphatic carbocycles. The lowest BCUT2D eigenvalue weighted by Crippen LogP contribution is -2.28. The Kier molecular flexibility index (Phi) is 7.13. The molecule has 9 heteroatoms. The lowest BCUT2D eigenvalue weighted by atomic mass is 9.86. The molecule has 1 saturated carbocycles. The largest absolute Gasteiger partial charge is 0.490 e. The Morgan fingerprint density at radius 1 is 1.11 bits per heavy atom. The fraction of sp³-hybridized carbons (Fsp3) is 0.464. The third-order valence-electron chi connectivity index (χ3n) is 7.58. The van der Waals surface area contributed by atoms with Gasteiger partial charge >= 0.3 is 5.69 Å². The Bertz CT molecular complexity index is 1350. The number of aromatic nitrogens is 3. The van der Waals surface area contributed by atoms with Crippen LogP contribution < -0.4 is 15.7 Å². The van der Waals surface area contributed by atoms with Crippen molar-refractivity contribution in [1.29, 1.82) is 0 Å². The number of amides is 1. The number of carbonyl (C=O) groups is 1. The second-order valence-corrected chi connectivity index (χ2v) is 10.1. The fourth-order valence-electron chi connectivity index (χ4n) is 5.41. The molecule has 1 aromatic heterocycles. The molecule has 0 saturated heterocycles. The lowest BCUT2D eigenvalue weighted by molar-refractivity contribution is 0.0996. The third-order valence-corrected chi connectivity index (χ3v) is 7.58. The quantitative estimate of drug-likeness (QED) is 0.471. The van der Waals surface area contributed by atoms with Gasteiger partial charge < -0.3 is 10.1 Å². The number of anilines is 1. The van der Waals surface area contributed by atoms with Crippen molar-refractivity contribution in [2.45, 2.75) is 77.9 Å². The molecule has 196 valence electrons. The number of nitrogens with one attached hydrogen (secondary N) is 1. The number of ether oxygens (including phenoxy) is 1. The van der Waals surface area contributed by atoms with Crippen molar-refractivity contribution >= 4 is 11.6 Å². The average molecular weight is 511 g/mol. The molecule has 7 nitrogen and oxygen atoms in total. The van der Waals surface area contributed by atoms with E-state index in [1.165, 1.54) is 18.6 Å². The maximum Gasteiger partial charge on any atom is 0.350 e. The van der Waals surface area contributed by atoms with Gasteiger partial charge in [-0.15, -0.1) is 5.10 Å². The molecular formula is C28H32F2N4O3. The van der Waals surface area contributed by atoms with Crippen LogP contribution in [0.25, 0.3) is 5.69 Å². The SMILES string of the molecule is Cc1cccc(F)c1NC(=O)c1cc(F)c(-n2nc3n(c2=O)CCCC3)cc1O[C@@H](C)C1CCCCC1. The number of hydrogen-bond acceptors (Lipinski definition) is 4. The first kappa shape index (κ1) is 25.2. The molecule has 2 aliphatic rings. The van der Waals surface area contributed by atoms with Crippen LogP contribution in [0.1, 0.15) is 73.6 Å². The number of aryl methyl sites for hydroxylation is 2. The topological polar surface area (TPSA) is 78.2 Å². The standard InChI is InChI=1S/C28H32F2N4O3/c1-17-9-8-12-21(29)26(17)31-27(35)20-15-22(30)23(34-28(36)33-14-7-6-13-25(33)32-34)16-24(20)37-18(2)19-10-4-3-5-11-19/h8-9,12,15-16,18-19H,3-7,10-11,13-14H2,1-2H3,(H,31,35)/t18-/m0/s1. The lowest BCUT2D eigenvalue weighted by Gasteiger charge is -2.29. The summed E-state index contributed by atoms with van der Waals surface area (Å²) in [5.74, 6) is -1.01. The summed E-state index contributed by atoms with van der Waals surface area (Å²) in [6.45, 7) is 4.17. The van der Waals surface area contributed by atoms with E-state index in [9.17, 15) is 14.0 Å². The molecule has 3 aromatic rings. The van der Waals surface area contributed by atoms with E-state index in [0.717, 1.165) is 49.3 Å². The predicted molar refractivity (Wildman–Crippen MR) is 136 cm³/mol. The van der Waals surface area contributed by atoms with Crippen LogP contribution in [0, 0.1) is 24.5 Å². The molecule has 37 heavy (non-hydrogen) atoms. The van der Waals surface area contributed by atoms with Crippen molar-refractivity contribution < 1.29 is 18.3 Å². The molecule has 0 unspecified atom stereocenters. The fourth-order valence-corrected chi connectivity index (χ4v) is 5.41. The van der Waals surface area contributed by atoms with Gasteiger partial charge in [-0.2, -0.15) is 4.68 Å². The van der Waals surface area contributed by atoms with Crippen molar-refractivity contribution in [2.75, 3.05) is 5.32 Å². The Labute approximate surface area is 214 Å². The summed E-state index contributed by atoms with van der Waals surface area (Å²) in [5.41, 5.74) is 0.0129. The van der Waals surface area contributed by atoms with Gasteiger partial charge in [0.15, 0.2) is 0 Å². The van der Waals surface area contributed by atoms with E-state index in [1.807, 2.05) is 6.92 Å². The maximum absolute atomic E-state index is 15.5. The first-order valence-electron chi connectivity index (χ1n) is 13.1. The molecule has 1 amide bonds. The molecule has 1 fully saturated rings. The highest BCUT2D eigenvalue weighted by Crippen LogP contribution is 2.33. The van der Waals surface area contributed by atoms with E-state index in [4.69, 9.17) is 4.74 Å². The highest BCUT2D eigenvalue weighted by molar-refractivity contribution is 6.06. The number of fused-ring (bicyclic) bond motifs is 1. The monoisotopic (exact) mass is 510 g/mol. The predicted octanol–water partition coefficient (Wildman–Crippen LogP) is 5.56. The highest BCUT2D eigenvalue weighted by atomic mass is 19.1. The molecule has 0 spiro atoms. The molecule has 1 aliphatic heterocycles. The molecule has 5 rings (SSSR count). The van der Waals surface area contributed by atoms with E-state index < -0.39 is 23.2 Å². The summed E-state index contributed by atoms with van der Waals surface area (Å²) in [6, 6.07) is 6.91. The summed E-state index contributed by atoms with van der Waals surface area (Å²) in [5, 5.41) is 6.96. The number of para-hydroxylation sites is 1. The summed E-state index contributed by atoms with van der Waals surface area (Å²) in [4.78, 5) is 26.3. The molecular weight excluding hydrogens is 478 g/mol. The summed E-state index contributed by atoms with van der Waals surface area (Å²) in [7, 11) is 0. The van der Waals surface area contributed by atoms with Crippen LogP contribution >= 0.6 is 0 Å². The van der Waals surface area contributed by atoms with Gasteiger partial charge in [-0.25, -0.2) is 13.6 Å². The summed E-state index contributed by atoms with van der Waals surface area (Å²) in [6.07, 6.45) is 7.64.